The number of imidazole rings is 2. The van der Waals surface area contributed by atoms with Crippen LogP contribution in [0.1, 0.15) is 80.5 Å². The van der Waals surface area contributed by atoms with Crippen molar-refractivity contribution in [3.05, 3.63) is 193 Å². The summed E-state index contributed by atoms with van der Waals surface area (Å²) in [5.41, 5.74) is 13.1. The standard InChI is InChI=1S/C29H33FN6O3S.C20H21ClFN5OS.C9H13NO2/c1-20(21-3-6-24(30)7-4-21)36-19-31-13-25(36)15-34-9-10-35(28(38)17-34)16-27-14-33-29(40-27)32-12-22-5-8-26(39-2)11-23(22)18-37;1-14(15-2-4-16(22)5-3-15)27-13-23-8-17(27)10-25-6-7-26(19(28)12-25)11-18-9-24-20(21)29-18;1-12-9-4-7(6-11)2-3-8(9)5-10/h3-8,11,13-14,19-20,37H,9-10,12,15-18H2,1-2H3,(H,32,33);2-5,8-9,13-14H,6-7,10-12H2,1H3;2-4,11H,5-6,10H2,1H3/t20-;14-;/m11./s1. The Hall–Kier alpha value is -7.15. The summed E-state index contributed by atoms with van der Waals surface area (Å²) in [5, 5.41) is 22.6. The number of rotatable bonds is 20. The zero-order valence-corrected chi connectivity index (χ0v) is 48.0. The predicted octanol–water partition coefficient (Wildman–Crippen LogP) is 8.28. The van der Waals surface area contributed by atoms with E-state index in [1.165, 1.54) is 46.9 Å². The van der Waals surface area contributed by atoms with Gasteiger partial charge in [-0.1, -0.05) is 54.1 Å². The molecule has 0 spiro atoms. The molecule has 428 valence electrons. The summed E-state index contributed by atoms with van der Waals surface area (Å²) in [7, 11) is 3.19. The molecule has 4 aromatic carbocycles. The molecule has 0 saturated carbocycles. The number of methoxy groups -OCH3 is 2. The van der Waals surface area contributed by atoms with E-state index in [1.807, 2.05) is 58.7 Å². The first-order valence-corrected chi connectivity index (χ1v) is 28.3. The van der Waals surface area contributed by atoms with Crippen LogP contribution in [0.25, 0.3) is 0 Å². The number of piperazine rings is 2. The lowest BCUT2D eigenvalue weighted by atomic mass is 10.1. The molecule has 2 atom stereocenters. The molecule has 2 saturated heterocycles. The molecule has 2 aliphatic rings. The Labute approximate surface area is 483 Å². The number of ether oxygens (including phenoxy) is 2. The van der Waals surface area contributed by atoms with Crippen molar-refractivity contribution in [2.75, 3.05) is 58.8 Å². The monoisotopic (exact) mass is 1160 g/mol. The van der Waals surface area contributed by atoms with Crippen LogP contribution < -0.4 is 20.5 Å². The van der Waals surface area contributed by atoms with E-state index in [-0.39, 0.29) is 48.7 Å². The molecule has 2 amide bonds. The molecule has 6 heterocycles. The van der Waals surface area contributed by atoms with Crippen molar-refractivity contribution >= 4 is 51.2 Å². The number of carbonyl (C=O) groups is 2. The minimum absolute atomic E-state index is 0.00386. The number of nitrogens with one attached hydrogen (secondary N) is 1. The third kappa shape index (κ3) is 16.3. The summed E-state index contributed by atoms with van der Waals surface area (Å²) < 4.78 is 41.5. The smallest absolute Gasteiger partial charge is 0.237 e. The Morgan fingerprint density at radius 2 is 1.20 bits per heavy atom. The Kier molecular flexibility index (Phi) is 21.5. The summed E-state index contributed by atoms with van der Waals surface area (Å²) in [6.45, 7) is 10.9. The fourth-order valence-electron chi connectivity index (χ4n) is 9.46. The largest absolute Gasteiger partial charge is 0.497 e. The number of aliphatic hydroxyl groups is 2. The molecule has 0 aliphatic carbocycles. The highest BCUT2D eigenvalue weighted by molar-refractivity contribution is 7.15. The van der Waals surface area contributed by atoms with Gasteiger partial charge < -0.3 is 49.7 Å². The van der Waals surface area contributed by atoms with Crippen LogP contribution >= 0.6 is 34.3 Å². The van der Waals surface area contributed by atoms with Crippen molar-refractivity contribution in [3.8, 4) is 11.5 Å². The number of hydrogen-bond donors (Lipinski definition) is 4. The fraction of sp³-hybridized carbons (Fsp3) is 0.345. The van der Waals surface area contributed by atoms with Crippen molar-refractivity contribution in [1.82, 2.24) is 48.7 Å². The molecule has 5 N–H and O–H groups in total. The van der Waals surface area contributed by atoms with Crippen LogP contribution in [-0.4, -0.2) is 124 Å². The van der Waals surface area contributed by atoms with E-state index in [9.17, 15) is 23.5 Å². The van der Waals surface area contributed by atoms with E-state index in [2.05, 4.69) is 58.0 Å². The van der Waals surface area contributed by atoms with Crippen molar-refractivity contribution in [1.29, 1.82) is 0 Å². The maximum absolute atomic E-state index is 13.4. The summed E-state index contributed by atoms with van der Waals surface area (Å²) in [6, 6.07) is 24.2. The van der Waals surface area contributed by atoms with Gasteiger partial charge in [-0.3, -0.25) is 19.4 Å². The van der Waals surface area contributed by atoms with Gasteiger partial charge in [-0.15, -0.1) is 22.7 Å². The average Bonchev–Trinajstić information content (AvgIpc) is 4.34. The van der Waals surface area contributed by atoms with Crippen LogP contribution in [0.3, 0.4) is 0 Å². The third-order valence-electron chi connectivity index (χ3n) is 14.1. The number of aromatic nitrogens is 6. The molecule has 10 rings (SSSR count). The van der Waals surface area contributed by atoms with Crippen LogP contribution in [0.4, 0.5) is 13.9 Å². The molecule has 2 fully saturated rings. The second-order valence-corrected chi connectivity index (χ2v) is 22.3. The molecule has 8 aromatic rings. The van der Waals surface area contributed by atoms with E-state index >= 15 is 0 Å². The number of carbonyl (C=O) groups excluding carboxylic acids is 2. The lowest BCUT2D eigenvalue weighted by Crippen LogP contribution is -2.49. The first-order chi connectivity index (χ1) is 39.2. The number of thiazole rings is 2. The van der Waals surface area contributed by atoms with Crippen molar-refractivity contribution < 1.29 is 38.1 Å². The number of benzene rings is 4. The minimum atomic E-state index is -0.255. The normalized spacial score (nSPS) is 14.7. The molecule has 23 heteroatoms. The highest BCUT2D eigenvalue weighted by Gasteiger charge is 2.28. The van der Waals surface area contributed by atoms with Gasteiger partial charge in [0.1, 0.15) is 23.1 Å². The number of aliphatic hydroxyl groups excluding tert-OH is 2. The lowest BCUT2D eigenvalue weighted by molar-refractivity contribution is -0.137. The zero-order chi connectivity index (χ0) is 57.4. The number of nitrogens with two attached hydrogens (primary N) is 1. The van der Waals surface area contributed by atoms with Gasteiger partial charge in [0.15, 0.2) is 9.60 Å². The zero-order valence-electron chi connectivity index (χ0n) is 45.6. The Morgan fingerprint density at radius 3 is 1.68 bits per heavy atom. The second kappa shape index (κ2) is 29.0. The van der Waals surface area contributed by atoms with Crippen LogP contribution in [0.2, 0.25) is 4.47 Å². The maximum atomic E-state index is 13.4. The summed E-state index contributed by atoms with van der Waals surface area (Å²) in [6.07, 6.45) is 10.8. The molecular formula is C58H67ClF2N12O6S2. The quantitative estimate of drug-likeness (QED) is 0.0567. The topological polar surface area (TPSA) is 205 Å². The van der Waals surface area contributed by atoms with E-state index in [0.717, 1.165) is 78.5 Å². The molecule has 0 radical (unpaired) electrons. The number of hydrogen-bond acceptors (Lipinski definition) is 16. The van der Waals surface area contributed by atoms with Gasteiger partial charge in [0.25, 0.3) is 0 Å². The van der Waals surface area contributed by atoms with Gasteiger partial charge in [0, 0.05) is 92.5 Å². The van der Waals surface area contributed by atoms with Crippen molar-refractivity contribution in [3.63, 3.8) is 0 Å². The second-order valence-electron chi connectivity index (χ2n) is 19.5. The van der Waals surface area contributed by atoms with Crippen LogP contribution in [0, 0.1) is 11.6 Å². The van der Waals surface area contributed by atoms with E-state index in [0.29, 0.717) is 75.7 Å². The Balaban J connectivity index is 0.000000182. The molecule has 0 bridgehead atoms. The third-order valence-corrected chi connectivity index (χ3v) is 16.2. The van der Waals surface area contributed by atoms with Crippen molar-refractivity contribution in [2.45, 2.75) is 78.4 Å². The Bertz CT molecular complexity index is 3300. The highest BCUT2D eigenvalue weighted by Crippen LogP contribution is 2.27. The maximum Gasteiger partial charge on any atom is 0.237 e. The van der Waals surface area contributed by atoms with Gasteiger partial charge in [0.05, 0.1) is 89.7 Å². The molecular weight excluding hydrogens is 1100 g/mol. The first kappa shape index (κ1) is 60.0. The van der Waals surface area contributed by atoms with Gasteiger partial charge >= 0.3 is 0 Å². The van der Waals surface area contributed by atoms with Gasteiger partial charge in [-0.05, 0) is 84.1 Å². The number of anilines is 1. The van der Waals surface area contributed by atoms with Gasteiger partial charge in [-0.25, -0.2) is 28.7 Å². The number of amides is 2. The fourth-order valence-corrected chi connectivity index (χ4v) is 11.3. The van der Waals surface area contributed by atoms with Crippen LogP contribution in [0.5, 0.6) is 11.5 Å². The van der Waals surface area contributed by atoms with Crippen molar-refractivity contribution in [2.24, 2.45) is 5.73 Å². The average molecular weight is 1170 g/mol. The Morgan fingerprint density at radius 1 is 0.654 bits per heavy atom. The van der Waals surface area contributed by atoms with Gasteiger partial charge in [0.2, 0.25) is 11.8 Å². The summed E-state index contributed by atoms with van der Waals surface area (Å²) in [4.78, 5) is 52.7. The van der Waals surface area contributed by atoms with Gasteiger partial charge in [-0.2, -0.15) is 0 Å². The van der Waals surface area contributed by atoms with E-state index in [1.54, 1.807) is 63.4 Å². The summed E-state index contributed by atoms with van der Waals surface area (Å²) in [5.74, 6) is 1.12. The molecule has 0 unspecified atom stereocenters. The van der Waals surface area contributed by atoms with E-state index in [4.69, 9.17) is 31.9 Å². The lowest BCUT2D eigenvalue weighted by Gasteiger charge is -2.34. The highest BCUT2D eigenvalue weighted by atomic mass is 35.5. The molecule has 2 aliphatic heterocycles. The molecule has 4 aromatic heterocycles. The first-order valence-electron chi connectivity index (χ1n) is 26.3. The summed E-state index contributed by atoms with van der Waals surface area (Å²) >= 11 is 8.81. The van der Waals surface area contributed by atoms with Crippen LogP contribution in [-0.2, 0) is 62.1 Å². The number of halogens is 3. The minimum Gasteiger partial charge on any atom is -0.497 e. The number of nitrogens with zero attached hydrogens (tertiary/aromatic N) is 10. The predicted molar refractivity (Wildman–Crippen MR) is 309 cm³/mol. The SMILES string of the molecule is COc1cc(CO)ccc1CN.COc1ccc(CNc2ncc(CN3CCN(Cc4cncn4[C@H](C)c4ccc(F)cc4)CC3=O)s2)c(CO)c1.C[C@H](c1ccc(F)cc1)n1cncc1CN1CCN(Cc2cnc(Cl)s2)C(=O)C1. The van der Waals surface area contributed by atoms with Crippen LogP contribution in [0.15, 0.2) is 122 Å². The molecule has 18 nitrogen and oxygen atoms in total. The van der Waals surface area contributed by atoms with E-state index < -0.39 is 0 Å². The molecule has 81 heavy (non-hydrogen) atoms.